The first kappa shape index (κ1) is 13.9. The summed E-state index contributed by atoms with van der Waals surface area (Å²) < 4.78 is 2.77. The van der Waals surface area contributed by atoms with Crippen LogP contribution in [0, 0.1) is 0 Å². The highest BCUT2D eigenvalue weighted by Crippen LogP contribution is 2.21. The first-order valence-electron chi connectivity index (χ1n) is 6.07. The number of rotatable bonds is 3. The molecule has 0 aliphatic carbocycles. The van der Waals surface area contributed by atoms with E-state index in [-0.39, 0.29) is 17.9 Å². The molecular weight excluding hydrogens is 313 g/mol. The summed E-state index contributed by atoms with van der Waals surface area (Å²) in [4.78, 5) is 24.5. The lowest BCUT2D eigenvalue weighted by molar-refractivity contribution is 0.0971. The van der Waals surface area contributed by atoms with Crippen molar-refractivity contribution < 1.29 is 4.79 Å². The molecule has 0 aliphatic heterocycles. The van der Waals surface area contributed by atoms with E-state index >= 15 is 0 Å². The largest absolute Gasteiger partial charge is 0.304 e. The van der Waals surface area contributed by atoms with Crippen LogP contribution in [-0.2, 0) is 6.54 Å². The molecule has 0 unspecified atom stereocenters. The molecule has 106 valence electrons. The van der Waals surface area contributed by atoms with E-state index in [1.165, 1.54) is 27.5 Å². The highest BCUT2D eigenvalue weighted by atomic mass is 35.5. The molecule has 1 aromatic carbocycles. The molecule has 2 aromatic heterocycles. The highest BCUT2D eigenvalue weighted by molar-refractivity contribution is 6.35. The van der Waals surface area contributed by atoms with E-state index in [9.17, 15) is 9.59 Å². The van der Waals surface area contributed by atoms with Crippen LogP contribution < -0.4 is 5.56 Å². The van der Waals surface area contributed by atoms with Crippen molar-refractivity contribution in [2.24, 2.45) is 0 Å². The molecule has 5 nitrogen and oxygen atoms in total. The summed E-state index contributed by atoms with van der Waals surface area (Å²) >= 11 is 11.9. The maximum atomic E-state index is 12.3. The summed E-state index contributed by atoms with van der Waals surface area (Å²) in [5.41, 5.74) is 0.411. The predicted molar refractivity (Wildman–Crippen MR) is 80.2 cm³/mol. The van der Waals surface area contributed by atoms with E-state index in [1.54, 1.807) is 24.4 Å². The molecule has 0 saturated heterocycles. The van der Waals surface area contributed by atoms with Gasteiger partial charge in [0.2, 0.25) is 0 Å². The van der Waals surface area contributed by atoms with Crippen molar-refractivity contribution in [2.45, 2.75) is 6.54 Å². The van der Waals surface area contributed by atoms with Crippen molar-refractivity contribution in [1.82, 2.24) is 14.2 Å². The van der Waals surface area contributed by atoms with E-state index in [4.69, 9.17) is 23.2 Å². The van der Waals surface area contributed by atoms with Crippen molar-refractivity contribution in [3.05, 3.63) is 68.8 Å². The molecule has 0 radical (unpaired) electrons. The topological polar surface area (TPSA) is 56.4 Å². The fourth-order valence-corrected chi connectivity index (χ4v) is 2.43. The Kier molecular flexibility index (Phi) is 3.53. The number of carbonyl (C=O) groups is 1. The zero-order valence-electron chi connectivity index (χ0n) is 10.7. The van der Waals surface area contributed by atoms with Crippen LogP contribution in [0.4, 0.5) is 0 Å². The normalized spacial score (nSPS) is 11.0. The molecule has 0 saturated carbocycles. The molecule has 7 heteroatoms. The Morgan fingerprint density at radius 1 is 1.19 bits per heavy atom. The van der Waals surface area contributed by atoms with Crippen LogP contribution in [0.2, 0.25) is 10.0 Å². The van der Waals surface area contributed by atoms with Crippen LogP contribution in [0.25, 0.3) is 5.52 Å². The van der Waals surface area contributed by atoms with E-state index in [0.717, 1.165) is 0 Å². The highest BCUT2D eigenvalue weighted by Gasteiger charge is 2.13. The monoisotopic (exact) mass is 321 g/mol. The van der Waals surface area contributed by atoms with Gasteiger partial charge in [0.15, 0.2) is 5.78 Å². The van der Waals surface area contributed by atoms with Gasteiger partial charge in [-0.15, -0.1) is 0 Å². The van der Waals surface area contributed by atoms with Crippen molar-refractivity contribution >= 4 is 34.5 Å². The van der Waals surface area contributed by atoms with Gasteiger partial charge in [-0.25, -0.2) is 4.52 Å². The number of Topliss-reactive ketones (excluding diaryl/α,β-unsaturated/α-hetero) is 1. The Morgan fingerprint density at radius 2 is 2.00 bits per heavy atom. The SMILES string of the molecule is O=C(Cn1ccn2nccc2c1=O)c1cc(Cl)ccc1Cl. The zero-order valence-corrected chi connectivity index (χ0v) is 12.2. The van der Waals surface area contributed by atoms with Gasteiger partial charge in [-0.3, -0.25) is 9.59 Å². The van der Waals surface area contributed by atoms with Crippen LogP contribution in [0.1, 0.15) is 10.4 Å². The van der Waals surface area contributed by atoms with Crippen LogP contribution in [0.3, 0.4) is 0 Å². The van der Waals surface area contributed by atoms with Gasteiger partial charge in [-0.05, 0) is 24.3 Å². The lowest BCUT2D eigenvalue weighted by Crippen LogP contribution is -2.25. The second-order valence-corrected chi connectivity index (χ2v) is 5.28. The Labute approximate surface area is 129 Å². The average molecular weight is 322 g/mol. The first-order valence-corrected chi connectivity index (χ1v) is 6.83. The summed E-state index contributed by atoms with van der Waals surface area (Å²) in [7, 11) is 0. The minimum Gasteiger partial charge on any atom is -0.304 e. The van der Waals surface area contributed by atoms with Crippen molar-refractivity contribution in [3.8, 4) is 0 Å². The summed E-state index contributed by atoms with van der Waals surface area (Å²) in [6.07, 6.45) is 4.65. The fraction of sp³-hybridized carbons (Fsp3) is 0.0714. The lowest BCUT2D eigenvalue weighted by atomic mass is 10.1. The first-order chi connectivity index (χ1) is 10.1. The number of fused-ring (bicyclic) bond motifs is 1. The van der Waals surface area contributed by atoms with Crippen LogP contribution in [0.15, 0.2) is 47.7 Å². The maximum Gasteiger partial charge on any atom is 0.276 e. The molecule has 3 aromatic rings. The van der Waals surface area contributed by atoms with E-state index in [2.05, 4.69) is 5.10 Å². The van der Waals surface area contributed by atoms with Gasteiger partial charge in [0.05, 0.1) is 17.8 Å². The second kappa shape index (κ2) is 5.35. The van der Waals surface area contributed by atoms with Gasteiger partial charge in [0, 0.05) is 23.0 Å². The molecule has 0 aliphatic rings. The summed E-state index contributed by atoms with van der Waals surface area (Å²) in [5, 5.41) is 4.69. The molecule has 0 N–H and O–H groups in total. The summed E-state index contributed by atoms with van der Waals surface area (Å²) in [6.45, 7) is -0.111. The smallest absolute Gasteiger partial charge is 0.276 e. The van der Waals surface area contributed by atoms with E-state index in [0.29, 0.717) is 21.1 Å². The molecular formula is C14H9Cl2N3O2. The molecule has 0 fully saturated rings. The molecule has 21 heavy (non-hydrogen) atoms. The van der Waals surface area contributed by atoms with Crippen LogP contribution in [-0.4, -0.2) is 20.0 Å². The van der Waals surface area contributed by atoms with Gasteiger partial charge in [0.1, 0.15) is 5.52 Å². The number of ketones is 1. The number of benzene rings is 1. The van der Waals surface area contributed by atoms with Gasteiger partial charge < -0.3 is 4.57 Å². The number of hydrogen-bond acceptors (Lipinski definition) is 3. The molecule has 0 amide bonds. The quantitative estimate of drug-likeness (QED) is 0.697. The predicted octanol–water partition coefficient (Wildman–Crippen LogP) is 2.69. The fourth-order valence-electron chi connectivity index (χ4n) is 2.04. The van der Waals surface area contributed by atoms with Crippen molar-refractivity contribution in [2.75, 3.05) is 0 Å². The summed E-state index contributed by atoms with van der Waals surface area (Å²) in [6, 6.07) is 6.25. The molecule has 0 spiro atoms. The van der Waals surface area contributed by atoms with E-state index < -0.39 is 0 Å². The van der Waals surface area contributed by atoms with Gasteiger partial charge in [0.25, 0.3) is 5.56 Å². The standard InChI is InChI=1S/C14H9Cl2N3O2/c15-9-1-2-11(16)10(7-9)13(20)8-18-5-6-19-12(14(18)21)3-4-17-19/h1-7H,8H2. The zero-order chi connectivity index (χ0) is 15.0. The van der Waals surface area contributed by atoms with Crippen molar-refractivity contribution in [3.63, 3.8) is 0 Å². The lowest BCUT2D eigenvalue weighted by Gasteiger charge is -2.07. The van der Waals surface area contributed by atoms with Gasteiger partial charge >= 0.3 is 0 Å². The minimum absolute atomic E-state index is 0.111. The van der Waals surface area contributed by atoms with Gasteiger partial charge in [-0.1, -0.05) is 23.2 Å². The molecule has 0 bridgehead atoms. The number of halogens is 2. The number of nitrogens with zero attached hydrogens (tertiary/aromatic N) is 3. The van der Waals surface area contributed by atoms with Crippen molar-refractivity contribution in [1.29, 1.82) is 0 Å². The van der Waals surface area contributed by atoms with Gasteiger partial charge in [-0.2, -0.15) is 5.10 Å². The Hall–Kier alpha value is -2.11. The second-order valence-electron chi connectivity index (χ2n) is 4.44. The number of aromatic nitrogens is 3. The minimum atomic E-state index is -0.290. The van der Waals surface area contributed by atoms with Crippen LogP contribution >= 0.6 is 23.2 Å². The summed E-state index contributed by atoms with van der Waals surface area (Å²) in [5.74, 6) is -0.284. The Morgan fingerprint density at radius 3 is 2.81 bits per heavy atom. The average Bonchev–Trinajstić information content (AvgIpc) is 2.93. The molecule has 2 heterocycles. The third-order valence-corrected chi connectivity index (χ3v) is 3.65. The number of carbonyl (C=O) groups excluding carboxylic acids is 1. The third-order valence-electron chi connectivity index (χ3n) is 3.08. The third kappa shape index (κ3) is 2.57. The number of hydrogen-bond donors (Lipinski definition) is 0. The Bertz CT molecular complexity index is 899. The van der Waals surface area contributed by atoms with E-state index in [1.807, 2.05) is 0 Å². The maximum absolute atomic E-state index is 12.3. The molecule has 3 rings (SSSR count). The van der Waals surface area contributed by atoms with Crippen LogP contribution in [0.5, 0.6) is 0 Å². The Balaban J connectivity index is 1.98. The molecule has 0 atom stereocenters.